The van der Waals surface area contributed by atoms with Gasteiger partial charge in [-0.05, 0) is 25.7 Å². The minimum atomic E-state index is -4.59. The molecule has 0 radical (unpaired) electrons. The largest absolute Gasteiger partial charge is 0.481 e. The Morgan fingerprint density at radius 3 is 1.33 bits per heavy atom. The lowest BCUT2D eigenvalue weighted by Crippen LogP contribution is -2.17. The van der Waals surface area contributed by atoms with E-state index >= 15 is 0 Å². The summed E-state index contributed by atoms with van der Waals surface area (Å²) in [5, 5.41) is 0. The fourth-order valence-electron chi connectivity index (χ4n) is 2.89. The van der Waals surface area contributed by atoms with Crippen molar-refractivity contribution >= 4 is 15.6 Å². The van der Waals surface area contributed by atoms with Crippen LogP contribution >= 0.6 is 15.6 Å². The Kier molecular flexibility index (Phi) is 6.45. The Bertz CT molecular complexity index is 378. The van der Waals surface area contributed by atoms with E-state index in [0.29, 0.717) is 25.7 Å². The topological polar surface area (TPSA) is 102 Å². The van der Waals surface area contributed by atoms with Crippen molar-refractivity contribution in [3.63, 3.8) is 0 Å². The van der Waals surface area contributed by atoms with Gasteiger partial charge in [0.25, 0.3) is 0 Å². The summed E-state index contributed by atoms with van der Waals surface area (Å²) in [6.45, 7) is 0. The number of phosphoric ester groups is 2. The molecule has 0 heterocycles. The second-order valence-corrected chi connectivity index (χ2v) is 8.70. The van der Waals surface area contributed by atoms with Gasteiger partial charge in [0.1, 0.15) is 0 Å². The molecular formula is C12H24O7P2. The molecule has 0 bridgehead atoms. The molecule has 0 aromatic heterocycles. The van der Waals surface area contributed by atoms with Gasteiger partial charge in [0.05, 0.1) is 12.2 Å². The standard InChI is InChI=1S/C12H24O7P2/c13-20(14,17-11-7-3-1-4-8-11)19-21(15,16)18-12-9-5-2-6-10-12/h11-12H,1-10H2,(H,13,14)(H,15,16). The molecule has 0 aromatic carbocycles. The van der Waals surface area contributed by atoms with Gasteiger partial charge in [0.15, 0.2) is 0 Å². The molecule has 2 aliphatic rings. The first-order valence-electron chi connectivity index (χ1n) is 7.60. The highest BCUT2D eigenvalue weighted by molar-refractivity contribution is 7.61. The number of hydrogen-bond acceptors (Lipinski definition) is 5. The molecule has 0 spiro atoms. The monoisotopic (exact) mass is 342 g/mol. The Labute approximate surface area is 125 Å². The van der Waals surface area contributed by atoms with Crippen molar-refractivity contribution in [2.24, 2.45) is 0 Å². The van der Waals surface area contributed by atoms with Crippen LogP contribution < -0.4 is 0 Å². The normalized spacial score (nSPS) is 27.9. The van der Waals surface area contributed by atoms with Crippen molar-refractivity contribution < 1.29 is 32.3 Å². The fourth-order valence-corrected chi connectivity index (χ4v) is 5.41. The van der Waals surface area contributed by atoms with E-state index in [1.807, 2.05) is 0 Å². The van der Waals surface area contributed by atoms with Gasteiger partial charge in [-0.3, -0.25) is 9.05 Å². The first-order chi connectivity index (χ1) is 9.86. The smallest absolute Gasteiger partial charge is 0.302 e. The second-order valence-electron chi connectivity index (χ2n) is 5.75. The SMILES string of the molecule is O=P(O)(OC1CCCCC1)OP(=O)(O)OC1CCCCC1. The van der Waals surface area contributed by atoms with Crippen molar-refractivity contribution in [1.29, 1.82) is 0 Å². The first-order valence-corrected chi connectivity index (χ1v) is 10.6. The maximum absolute atomic E-state index is 11.8. The highest BCUT2D eigenvalue weighted by atomic mass is 31.3. The van der Waals surface area contributed by atoms with Crippen LogP contribution in [0.25, 0.3) is 0 Å². The van der Waals surface area contributed by atoms with E-state index in [-0.39, 0.29) is 0 Å². The summed E-state index contributed by atoms with van der Waals surface area (Å²) in [6, 6.07) is 0. The molecule has 21 heavy (non-hydrogen) atoms. The molecule has 2 saturated carbocycles. The highest BCUT2D eigenvalue weighted by Crippen LogP contribution is 2.62. The van der Waals surface area contributed by atoms with Crippen molar-refractivity contribution in [3.05, 3.63) is 0 Å². The minimum Gasteiger partial charge on any atom is -0.302 e. The molecule has 0 amide bonds. The highest BCUT2D eigenvalue weighted by Gasteiger charge is 2.39. The minimum absolute atomic E-state index is 0.399. The summed E-state index contributed by atoms with van der Waals surface area (Å²) in [6.07, 6.45) is 7.65. The van der Waals surface area contributed by atoms with E-state index in [9.17, 15) is 18.9 Å². The molecule has 2 unspecified atom stereocenters. The maximum atomic E-state index is 11.8. The average molecular weight is 342 g/mol. The lowest BCUT2D eigenvalue weighted by Gasteiger charge is -2.27. The average Bonchev–Trinajstić information content (AvgIpc) is 2.38. The molecule has 7 nitrogen and oxygen atoms in total. The molecule has 0 aromatic rings. The van der Waals surface area contributed by atoms with Crippen molar-refractivity contribution in [3.8, 4) is 0 Å². The van der Waals surface area contributed by atoms with E-state index in [1.54, 1.807) is 0 Å². The number of rotatable bonds is 6. The van der Waals surface area contributed by atoms with Crippen LogP contribution in [0.3, 0.4) is 0 Å². The number of phosphoric acid groups is 2. The Morgan fingerprint density at radius 1 is 0.667 bits per heavy atom. The molecule has 2 atom stereocenters. The van der Waals surface area contributed by atoms with Crippen molar-refractivity contribution in [2.45, 2.75) is 76.4 Å². The van der Waals surface area contributed by atoms with Gasteiger partial charge in [0.2, 0.25) is 0 Å². The third kappa shape index (κ3) is 6.49. The summed E-state index contributed by atoms with van der Waals surface area (Å²) in [5.74, 6) is 0. The zero-order chi connectivity index (χ0) is 15.3. The maximum Gasteiger partial charge on any atom is 0.481 e. The van der Waals surface area contributed by atoms with Crippen LogP contribution in [0.5, 0.6) is 0 Å². The van der Waals surface area contributed by atoms with Crippen LogP contribution in [0, 0.1) is 0 Å². The quantitative estimate of drug-likeness (QED) is 0.706. The molecule has 2 fully saturated rings. The lowest BCUT2D eigenvalue weighted by atomic mass is 9.98. The van der Waals surface area contributed by atoms with Crippen LogP contribution in [-0.4, -0.2) is 22.0 Å². The number of hydrogen-bond donors (Lipinski definition) is 2. The zero-order valence-electron chi connectivity index (χ0n) is 12.1. The van der Waals surface area contributed by atoms with Gasteiger partial charge < -0.3 is 9.79 Å². The zero-order valence-corrected chi connectivity index (χ0v) is 13.8. The second kappa shape index (κ2) is 7.69. The van der Waals surface area contributed by atoms with Gasteiger partial charge in [-0.1, -0.05) is 38.5 Å². The van der Waals surface area contributed by atoms with Gasteiger partial charge in [0, 0.05) is 0 Å². The third-order valence-corrected chi connectivity index (χ3v) is 6.66. The van der Waals surface area contributed by atoms with Crippen LogP contribution in [-0.2, 0) is 22.5 Å². The summed E-state index contributed by atoms with van der Waals surface area (Å²) in [7, 11) is -9.18. The first kappa shape index (κ1) is 17.6. The van der Waals surface area contributed by atoms with E-state index in [0.717, 1.165) is 38.5 Å². The predicted octanol–water partition coefficient (Wildman–Crippen LogP) is 3.90. The molecule has 0 saturated heterocycles. The third-order valence-electron chi connectivity index (χ3n) is 3.88. The molecule has 2 rings (SSSR count). The summed E-state index contributed by atoms with van der Waals surface area (Å²) in [5.41, 5.74) is 0. The van der Waals surface area contributed by atoms with Crippen LogP contribution in [0.4, 0.5) is 0 Å². The molecule has 124 valence electrons. The Hall–Kier alpha value is 0.260. The van der Waals surface area contributed by atoms with Gasteiger partial charge in [-0.25, -0.2) is 9.13 Å². The molecular weight excluding hydrogens is 318 g/mol. The Morgan fingerprint density at radius 2 is 1.00 bits per heavy atom. The van der Waals surface area contributed by atoms with E-state index in [1.165, 1.54) is 0 Å². The Balaban J connectivity index is 1.84. The molecule has 0 aliphatic heterocycles. The molecule has 2 aliphatic carbocycles. The van der Waals surface area contributed by atoms with E-state index in [4.69, 9.17) is 9.05 Å². The van der Waals surface area contributed by atoms with E-state index < -0.39 is 27.9 Å². The predicted molar refractivity (Wildman–Crippen MR) is 76.7 cm³/mol. The van der Waals surface area contributed by atoms with Crippen LogP contribution in [0.2, 0.25) is 0 Å². The van der Waals surface area contributed by atoms with Crippen molar-refractivity contribution in [2.75, 3.05) is 0 Å². The summed E-state index contributed by atoms with van der Waals surface area (Å²) >= 11 is 0. The fraction of sp³-hybridized carbons (Fsp3) is 1.00. The summed E-state index contributed by atoms with van der Waals surface area (Å²) in [4.78, 5) is 19.3. The van der Waals surface area contributed by atoms with Crippen LogP contribution in [0.1, 0.15) is 64.2 Å². The van der Waals surface area contributed by atoms with Gasteiger partial charge in [-0.2, -0.15) is 4.31 Å². The molecule has 2 N–H and O–H groups in total. The van der Waals surface area contributed by atoms with Gasteiger partial charge >= 0.3 is 15.6 Å². The van der Waals surface area contributed by atoms with Gasteiger partial charge in [-0.15, -0.1) is 0 Å². The summed E-state index contributed by atoms with van der Waals surface area (Å²) < 4.78 is 38.0. The molecule has 9 heteroatoms. The lowest BCUT2D eigenvalue weighted by molar-refractivity contribution is 0.0761. The van der Waals surface area contributed by atoms with Crippen molar-refractivity contribution in [1.82, 2.24) is 0 Å². The van der Waals surface area contributed by atoms with Crippen LogP contribution in [0.15, 0.2) is 0 Å². The van der Waals surface area contributed by atoms with E-state index in [2.05, 4.69) is 4.31 Å².